The summed E-state index contributed by atoms with van der Waals surface area (Å²) in [7, 11) is 0. The molecule has 5 nitrogen and oxygen atoms in total. The smallest absolute Gasteiger partial charge is 0.237 e. The number of furan rings is 2. The molecule has 2 aromatic rings. The summed E-state index contributed by atoms with van der Waals surface area (Å²) in [4.78, 5) is 16.9. The molecule has 23 heavy (non-hydrogen) atoms. The summed E-state index contributed by atoms with van der Waals surface area (Å²) >= 11 is 0. The fraction of sp³-hybridized carbons (Fsp3) is 0.500. The van der Waals surface area contributed by atoms with Crippen molar-refractivity contribution in [1.29, 1.82) is 0 Å². The Labute approximate surface area is 136 Å². The van der Waals surface area contributed by atoms with Gasteiger partial charge in [0.15, 0.2) is 0 Å². The van der Waals surface area contributed by atoms with Gasteiger partial charge in [0.1, 0.15) is 11.5 Å². The minimum atomic E-state index is 0.125. The maximum absolute atomic E-state index is 12.8. The molecule has 1 aliphatic rings. The van der Waals surface area contributed by atoms with E-state index in [9.17, 15) is 4.79 Å². The Hall–Kier alpha value is -2.01. The van der Waals surface area contributed by atoms with E-state index in [0.29, 0.717) is 19.6 Å². The largest absolute Gasteiger partial charge is 0.467 e. The van der Waals surface area contributed by atoms with Gasteiger partial charge in [-0.2, -0.15) is 0 Å². The van der Waals surface area contributed by atoms with Crippen LogP contribution in [0.3, 0.4) is 0 Å². The first-order valence-electron chi connectivity index (χ1n) is 8.36. The first kappa shape index (κ1) is 15.9. The molecule has 1 aliphatic heterocycles. The summed E-state index contributed by atoms with van der Waals surface area (Å²) in [6, 6.07) is 7.49. The normalized spacial score (nSPS) is 16.2. The van der Waals surface area contributed by atoms with E-state index in [-0.39, 0.29) is 5.91 Å². The molecule has 124 valence electrons. The summed E-state index contributed by atoms with van der Waals surface area (Å²) in [5.74, 6) is 1.71. The van der Waals surface area contributed by atoms with Gasteiger partial charge in [0.2, 0.25) is 5.91 Å². The lowest BCUT2D eigenvalue weighted by atomic mass is 10.2. The fourth-order valence-electron chi connectivity index (χ4n) is 3.00. The number of rotatable bonds is 6. The van der Waals surface area contributed by atoms with Gasteiger partial charge >= 0.3 is 0 Å². The number of nitrogens with zero attached hydrogens (tertiary/aromatic N) is 2. The molecule has 0 unspecified atom stereocenters. The average molecular weight is 316 g/mol. The third kappa shape index (κ3) is 4.73. The second kappa shape index (κ2) is 8.02. The molecule has 3 heterocycles. The van der Waals surface area contributed by atoms with Crippen LogP contribution in [-0.4, -0.2) is 35.3 Å². The highest BCUT2D eigenvalue weighted by Crippen LogP contribution is 2.14. The van der Waals surface area contributed by atoms with E-state index < -0.39 is 0 Å². The van der Waals surface area contributed by atoms with Crippen molar-refractivity contribution in [2.24, 2.45) is 0 Å². The molecule has 0 aliphatic carbocycles. The van der Waals surface area contributed by atoms with E-state index in [1.54, 1.807) is 12.5 Å². The average Bonchev–Trinajstić information content (AvgIpc) is 3.18. The van der Waals surface area contributed by atoms with E-state index in [2.05, 4.69) is 4.90 Å². The summed E-state index contributed by atoms with van der Waals surface area (Å²) < 4.78 is 10.8. The monoisotopic (exact) mass is 316 g/mol. The van der Waals surface area contributed by atoms with Crippen LogP contribution in [0.15, 0.2) is 45.6 Å². The van der Waals surface area contributed by atoms with Crippen molar-refractivity contribution < 1.29 is 13.6 Å². The lowest BCUT2D eigenvalue weighted by Gasteiger charge is -2.25. The lowest BCUT2D eigenvalue weighted by Crippen LogP contribution is -2.40. The van der Waals surface area contributed by atoms with Gasteiger partial charge in [-0.05, 0) is 50.2 Å². The van der Waals surface area contributed by atoms with Crippen LogP contribution in [0.4, 0.5) is 0 Å². The molecule has 2 aromatic heterocycles. The summed E-state index contributed by atoms with van der Waals surface area (Å²) in [6.07, 6.45) is 8.19. The van der Waals surface area contributed by atoms with Crippen molar-refractivity contribution in [1.82, 2.24) is 9.80 Å². The summed E-state index contributed by atoms with van der Waals surface area (Å²) in [5.41, 5.74) is 0. The molecule has 0 spiro atoms. The van der Waals surface area contributed by atoms with Crippen molar-refractivity contribution >= 4 is 5.91 Å². The molecule has 1 amide bonds. The van der Waals surface area contributed by atoms with Crippen LogP contribution < -0.4 is 0 Å². The molecular formula is C18H24N2O3. The summed E-state index contributed by atoms with van der Waals surface area (Å²) in [6.45, 7) is 3.45. The Balaban J connectivity index is 1.64. The molecule has 0 bridgehead atoms. The van der Waals surface area contributed by atoms with Crippen molar-refractivity contribution in [2.45, 2.75) is 38.8 Å². The van der Waals surface area contributed by atoms with Crippen LogP contribution >= 0.6 is 0 Å². The predicted octanol–water partition coefficient (Wildman–Crippen LogP) is 3.28. The standard InChI is InChI=1S/C18H24N2O3/c21-18(15-19-9-3-1-2-4-10-19)20(13-16-7-5-11-22-16)14-17-8-6-12-23-17/h5-8,11-12H,1-4,9-10,13-15H2. The number of carbonyl (C=O) groups is 1. The quantitative estimate of drug-likeness (QED) is 0.820. The minimum absolute atomic E-state index is 0.125. The van der Waals surface area contributed by atoms with Crippen LogP contribution in [0.2, 0.25) is 0 Å². The molecule has 0 N–H and O–H groups in total. The van der Waals surface area contributed by atoms with Gasteiger partial charge in [-0.15, -0.1) is 0 Å². The second-order valence-electron chi connectivity index (χ2n) is 6.10. The first-order valence-corrected chi connectivity index (χ1v) is 8.36. The van der Waals surface area contributed by atoms with Gasteiger partial charge in [-0.1, -0.05) is 12.8 Å². The van der Waals surface area contributed by atoms with Gasteiger partial charge in [0.05, 0.1) is 32.2 Å². The maximum Gasteiger partial charge on any atom is 0.237 e. The van der Waals surface area contributed by atoms with Crippen LogP contribution in [0.5, 0.6) is 0 Å². The topological polar surface area (TPSA) is 49.8 Å². The first-order chi connectivity index (χ1) is 11.3. The van der Waals surface area contributed by atoms with E-state index in [1.165, 1.54) is 25.7 Å². The highest BCUT2D eigenvalue weighted by Gasteiger charge is 2.20. The number of hydrogen-bond acceptors (Lipinski definition) is 4. The second-order valence-corrected chi connectivity index (χ2v) is 6.10. The Kier molecular flexibility index (Phi) is 5.53. The van der Waals surface area contributed by atoms with Crippen LogP contribution in [0.1, 0.15) is 37.2 Å². The zero-order valence-electron chi connectivity index (χ0n) is 13.4. The predicted molar refractivity (Wildman–Crippen MR) is 86.6 cm³/mol. The third-order valence-corrected chi connectivity index (χ3v) is 4.26. The molecular weight excluding hydrogens is 292 g/mol. The molecule has 3 rings (SSSR count). The van der Waals surface area contributed by atoms with Crippen LogP contribution in [0, 0.1) is 0 Å². The van der Waals surface area contributed by atoms with Gasteiger partial charge in [-0.25, -0.2) is 0 Å². The Bertz CT molecular complexity index is 533. The number of likely N-dealkylation sites (tertiary alicyclic amines) is 1. The zero-order chi connectivity index (χ0) is 15.9. The van der Waals surface area contributed by atoms with E-state index >= 15 is 0 Å². The molecule has 0 aromatic carbocycles. The Morgan fingerprint density at radius 3 is 2.00 bits per heavy atom. The number of carbonyl (C=O) groups excluding carboxylic acids is 1. The van der Waals surface area contributed by atoms with Crippen LogP contribution in [0.25, 0.3) is 0 Å². The minimum Gasteiger partial charge on any atom is -0.467 e. The van der Waals surface area contributed by atoms with Crippen molar-refractivity contribution in [2.75, 3.05) is 19.6 Å². The molecule has 1 saturated heterocycles. The van der Waals surface area contributed by atoms with E-state index in [0.717, 1.165) is 24.6 Å². The molecule has 0 atom stereocenters. The number of amides is 1. The van der Waals surface area contributed by atoms with Crippen molar-refractivity contribution in [3.8, 4) is 0 Å². The highest BCUT2D eigenvalue weighted by molar-refractivity contribution is 5.78. The van der Waals surface area contributed by atoms with Gasteiger partial charge in [0, 0.05) is 0 Å². The Morgan fingerprint density at radius 2 is 1.52 bits per heavy atom. The molecule has 5 heteroatoms. The molecule has 0 radical (unpaired) electrons. The zero-order valence-corrected chi connectivity index (χ0v) is 13.4. The maximum atomic E-state index is 12.8. The van der Waals surface area contributed by atoms with Gasteiger partial charge < -0.3 is 13.7 Å². The van der Waals surface area contributed by atoms with Crippen LogP contribution in [-0.2, 0) is 17.9 Å². The van der Waals surface area contributed by atoms with E-state index in [1.807, 2.05) is 29.2 Å². The fourth-order valence-corrected chi connectivity index (χ4v) is 3.00. The lowest BCUT2D eigenvalue weighted by molar-refractivity contribution is -0.134. The van der Waals surface area contributed by atoms with Crippen molar-refractivity contribution in [3.05, 3.63) is 48.3 Å². The van der Waals surface area contributed by atoms with Crippen molar-refractivity contribution in [3.63, 3.8) is 0 Å². The summed E-state index contributed by atoms with van der Waals surface area (Å²) in [5, 5.41) is 0. The highest BCUT2D eigenvalue weighted by atomic mass is 16.3. The molecule has 0 saturated carbocycles. The van der Waals surface area contributed by atoms with Gasteiger partial charge in [0.25, 0.3) is 0 Å². The third-order valence-electron chi connectivity index (χ3n) is 4.26. The Morgan fingerprint density at radius 1 is 0.957 bits per heavy atom. The van der Waals surface area contributed by atoms with E-state index in [4.69, 9.17) is 8.83 Å². The molecule has 1 fully saturated rings. The van der Waals surface area contributed by atoms with Gasteiger partial charge in [-0.3, -0.25) is 9.69 Å². The SMILES string of the molecule is O=C(CN1CCCCCC1)N(Cc1ccco1)Cc1ccco1. The number of hydrogen-bond donors (Lipinski definition) is 0.